The number of rotatable bonds is 4. The number of hydrogen-bond acceptors (Lipinski definition) is 5. The molecule has 0 spiro atoms. The van der Waals surface area contributed by atoms with Crippen LogP contribution in [0.5, 0.6) is 0 Å². The third-order valence-corrected chi connectivity index (χ3v) is 2.19. The van der Waals surface area contributed by atoms with Crippen molar-refractivity contribution in [2.75, 3.05) is 11.9 Å². The van der Waals surface area contributed by atoms with E-state index in [2.05, 4.69) is 15.3 Å². The lowest BCUT2D eigenvalue weighted by atomic mass is 10.3. The van der Waals surface area contributed by atoms with Crippen LogP contribution in [0.1, 0.15) is 5.56 Å². The van der Waals surface area contributed by atoms with Gasteiger partial charge in [-0.15, -0.1) is 0 Å². The highest BCUT2D eigenvalue weighted by Crippen LogP contribution is 2.17. The Balaban J connectivity index is 2.66. The number of aromatic nitrogens is 2. The molecule has 1 unspecified atom stereocenters. The number of carbonyl (C=O) groups is 1. The van der Waals surface area contributed by atoms with E-state index in [1.165, 1.54) is 6.33 Å². The van der Waals surface area contributed by atoms with Gasteiger partial charge in [-0.1, -0.05) is 11.6 Å². The third kappa shape index (κ3) is 3.03. The Labute approximate surface area is 91.5 Å². The van der Waals surface area contributed by atoms with Crippen molar-refractivity contribution in [3.05, 3.63) is 17.0 Å². The highest BCUT2D eigenvalue weighted by Gasteiger charge is 2.11. The normalized spacial score (nSPS) is 12.2. The summed E-state index contributed by atoms with van der Waals surface area (Å²) in [6, 6.07) is 0. The van der Waals surface area contributed by atoms with Crippen LogP contribution >= 0.6 is 11.6 Å². The van der Waals surface area contributed by atoms with Gasteiger partial charge in [0, 0.05) is 5.56 Å². The van der Waals surface area contributed by atoms with Crippen LogP contribution in [0.4, 0.5) is 5.82 Å². The van der Waals surface area contributed by atoms with E-state index in [1.807, 2.05) is 0 Å². The van der Waals surface area contributed by atoms with Gasteiger partial charge in [-0.2, -0.15) is 0 Å². The highest BCUT2D eigenvalue weighted by atomic mass is 35.5. The van der Waals surface area contributed by atoms with Gasteiger partial charge in [0.2, 0.25) is 5.91 Å². The quantitative estimate of drug-likeness (QED) is 0.617. The van der Waals surface area contributed by atoms with E-state index in [0.29, 0.717) is 16.5 Å². The zero-order valence-corrected chi connectivity index (χ0v) is 8.82. The zero-order valence-electron chi connectivity index (χ0n) is 8.07. The van der Waals surface area contributed by atoms with Crippen molar-refractivity contribution in [2.45, 2.75) is 13.0 Å². The number of amides is 1. The first-order valence-corrected chi connectivity index (χ1v) is 4.58. The molecule has 4 N–H and O–H groups in total. The van der Waals surface area contributed by atoms with Gasteiger partial charge in [0.05, 0.1) is 6.54 Å². The largest absolute Gasteiger partial charge is 0.381 e. The summed E-state index contributed by atoms with van der Waals surface area (Å²) < 4.78 is 0. The van der Waals surface area contributed by atoms with Crippen LogP contribution in [-0.2, 0) is 4.79 Å². The molecular formula is C8H11ClN4O2. The van der Waals surface area contributed by atoms with E-state index in [9.17, 15) is 4.79 Å². The maximum atomic E-state index is 10.5. The molecule has 7 heteroatoms. The zero-order chi connectivity index (χ0) is 11.4. The van der Waals surface area contributed by atoms with E-state index >= 15 is 0 Å². The third-order valence-electron chi connectivity index (χ3n) is 1.81. The number of primary amides is 1. The van der Waals surface area contributed by atoms with Crippen molar-refractivity contribution in [3.63, 3.8) is 0 Å². The summed E-state index contributed by atoms with van der Waals surface area (Å²) in [4.78, 5) is 18.2. The van der Waals surface area contributed by atoms with Gasteiger partial charge in [-0.25, -0.2) is 9.97 Å². The molecule has 82 valence electrons. The summed E-state index contributed by atoms with van der Waals surface area (Å²) in [5, 5.41) is 12.2. The average molecular weight is 231 g/mol. The van der Waals surface area contributed by atoms with Crippen LogP contribution in [-0.4, -0.2) is 33.6 Å². The van der Waals surface area contributed by atoms with Gasteiger partial charge in [0.15, 0.2) is 0 Å². The summed E-state index contributed by atoms with van der Waals surface area (Å²) >= 11 is 5.75. The second-order valence-electron chi connectivity index (χ2n) is 2.94. The smallest absolute Gasteiger partial charge is 0.248 e. The second-order valence-corrected chi connectivity index (χ2v) is 3.30. The van der Waals surface area contributed by atoms with Crippen molar-refractivity contribution >= 4 is 23.3 Å². The van der Waals surface area contributed by atoms with Crippen molar-refractivity contribution in [1.29, 1.82) is 0 Å². The van der Waals surface area contributed by atoms with Crippen LogP contribution in [0, 0.1) is 6.92 Å². The first kappa shape index (κ1) is 11.7. The van der Waals surface area contributed by atoms with E-state index < -0.39 is 12.0 Å². The number of hydrogen-bond donors (Lipinski definition) is 3. The first-order valence-electron chi connectivity index (χ1n) is 4.20. The highest BCUT2D eigenvalue weighted by molar-refractivity contribution is 6.30. The lowest BCUT2D eigenvalue weighted by Gasteiger charge is -2.10. The molecule has 0 saturated heterocycles. The molecular weight excluding hydrogens is 220 g/mol. The van der Waals surface area contributed by atoms with E-state index in [1.54, 1.807) is 6.92 Å². The van der Waals surface area contributed by atoms with Gasteiger partial charge in [0.25, 0.3) is 0 Å². The summed E-state index contributed by atoms with van der Waals surface area (Å²) in [7, 11) is 0. The average Bonchev–Trinajstić information content (AvgIpc) is 2.19. The minimum Gasteiger partial charge on any atom is -0.381 e. The molecule has 0 aliphatic rings. The second kappa shape index (κ2) is 4.90. The van der Waals surface area contributed by atoms with Crippen molar-refractivity contribution in [3.8, 4) is 0 Å². The Morgan fingerprint density at radius 3 is 3.00 bits per heavy atom. The SMILES string of the molecule is Cc1c(Cl)ncnc1NCC(O)C(N)=O. The monoisotopic (exact) mass is 230 g/mol. The van der Waals surface area contributed by atoms with Gasteiger partial charge < -0.3 is 16.2 Å². The standard InChI is InChI=1S/C8H11ClN4O2/c1-4-6(9)12-3-13-8(4)11-2-5(14)7(10)15/h3,5,14H,2H2,1H3,(H2,10,15)(H,11,12,13). The Hall–Kier alpha value is -1.40. The van der Waals surface area contributed by atoms with Crippen LogP contribution in [0.3, 0.4) is 0 Å². The predicted octanol–water partition coefficient (Wildman–Crippen LogP) is -0.303. The molecule has 1 rings (SSSR count). The lowest BCUT2D eigenvalue weighted by molar-refractivity contribution is -0.125. The van der Waals surface area contributed by atoms with Crippen LogP contribution in [0.2, 0.25) is 5.15 Å². The van der Waals surface area contributed by atoms with Gasteiger partial charge >= 0.3 is 0 Å². The molecule has 1 aromatic heterocycles. The molecule has 0 radical (unpaired) electrons. The Morgan fingerprint density at radius 2 is 2.40 bits per heavy atom. The summed E-state index contributed by atoms with van der Waals surface area (Å²) in [6.45, 7) is 1.71. The maximum absolute atomic E-state index is 10.5. The number of aliphatic hydroxyl groups excluding tert-OH is 1. The van der Waals surface area contributed by atoms with E-state index in [0.717, 1.165) is 0 Å². The fourth-order valence-electron chi connectivity index (χ4n) is 0.901. The first-order chi connectivity index (χ1) is 7.02. The number of anilines is 1. The lowest BCUT2D eigenvalue weighted by Crippen LogP contribution is -2.34. The minimum absolute atomic E-state index is 0.0104. The minimum atomic E-state index is -1.25. The fraction of sp³-hybridized carbons (Fsp3) is 0.375. The van der Waals surface area contributed by atoms with Gasteiger partial charge in [-0.3, -0.25) is 4.79 Å². The molecule has 15 heavy (non-hydrogen) atoms. The van der Waals surface area contributed by atoms with Crippen molar-refractivity contribution < 1.29 is 9.90 Å². The van der Waals surface area contributed by atoms with Crippen molar-refractivity contribution in [1.82, 2.24) is 9.97 Å². The fourth-order valence-corrected chi connectivity index (χ4v) is 1.03. The molecule has 1 atom stereocenters. The molecule has 1 heterocycles. The van der Waals surface area contributed by atoms with Crippen LogP contribution in [0.15, 0.2) is 6.33 Å². The summed E-state index contributed by atoms with van der Waals surface area (Å²) in [5.74, 6) is -0.324. The molecule has 1 aromatic rings. The molecule has 6 nitrogen and oxygen atoms in total. The van der Waals surface area contributed by atoms with Crippen LogP contribution < -0.4 is 11.1 Å². The molecule has 0 aromatic carbocycles. The molecule has 1 amide bonds. The van der Waals surface area contributed by atoms with E-state index in [4.69, 9.17) is 22.4 Å². The van der Waals surface area contributed by atoms with Gasteiger partial charge in [-0.05, 0) is 6.92 Å². The number of carbonyl (C=O) groups excluding carboxylic acids is 1. The predicted molar refractivity (Wildman–Crippen MR) is 55.5 cm³/mol. The maximum Gasteiger partial charge on any atom is 0.248 e. The number of aliphatic hydroxyl groups is 1. The Kier molecular flexibility index (Phi) is 3.81. The molecule has 0 bridgehead atoms. The number of nitrogens with zero attached hydrogens (tertiary/aromatic N) is 2. The number of halogens is 1. The summed E-state index contributed by atoms with van der Waals surface area (Å²) in [5.41, 5.74) is 5.53. The molecule has 0 aliphatic heterocycles. The molecule has 0 saturated carbocycles. The number of nitrogens with two attached hydrogens (primary N) is 1. The number of nitrogens with one attached hydrogen (secondary N) is 1. The van der Waals surface area contributed by atoms with Crippen LogP contribution in [0.25, 0.3) is 0 Å². The Morgan fingerprint density at radius 1 is 1.73 bits per heavy atom. The Bertz CT molecular complexity index is 372. The summed E-state index contributed by atoms with van der Waals surface area (Å²) in [6.07, 6.45) is 0.0343. The van der Waals surface area contributed by atoms with Gasteiger partial charge in [0.1, 0.15) is 23.4 Å². The molecule has 0 aliphatic carbocycles. The van der Waals surface area contributed by atoms with E-state index in [-0.39, 0.29) is 6.54 Å². The molecule has 0 fully saturated rings. The topological polar surface area (TPSA) is 101 Å². The van der Waals surface area contributed by atoms with Crippen molar-refractivity contribution in [2.24, 2.45) is 5.73 Å².